The molecule has 1 aromatic rings. The zero-order chi connectivity index (χ0) is 13.5. The molecule has 1 aliphatic heterocycles. The Morgan fingerprint density at radius 2 is 1.89 bits per heavy atom. The summed E-state index contributed by atoms with van der Waals surface area (Å²) >= 11 is 3.47. The van der Waals surface area contributed by atoms with Crippen LogP contribution in [-0.2, 0) is 0 Å². The fraction of sp³-hybridized carbons (Fsp3) is 0.467. The van der Waals surface area contributed by atoms with Crippen molar-refractivity contribution in [2.24, 2.45) is 0 Å². The topological polar surface area (TPSA) is 29.5 Å². The van der Waals surface area contributed by atoms with E-state index in [9.17, 15) is 5.11 Å². The van der Waals surface area contributed by atoms with E-state index in [1.54, 1.807) is 0 Å². The number of hydrogen-bond acceptors (Lipinski definition) is 2. The maximum absolute atomic E-state index is 10.1. The Morgan fingerprint density at radius 3 is 2.50 bits per heavy atom. The van der Waals surface area contributed by atoms with Crippen LogP contribution in [0.4, 0.5) is 0 Å². The molecular formula is C15H19BrO2. The van der Waals surface area contributed by atoms with Crippen molar-refractivity contribution in [3.63, 3.8) is 0 Å². The van der Waals surface area contributed by atoms with Crippen molar-refractivity contribution in [2.75, 3.05) is 5.33 Å². The fourth-order valence-corrected chi connectivity index (χ4v) is 3.10. The molecule has 18 heavy (non-hydrogen) atoms. The highest BCUT2D eigenvalue weighted by Crippen LogP contribution is 2.42. The van der Waals surface area contributed by atoms with Crippen molar-refractivity contribution < 1.29 is 9.84 Å². The highest BCUT2D eigenvalue weighted by molar-refractivity contribution is 9.09. The Bertz CT molecular complexity index is 520. The van der Waals surface area contributed by atoms with Crippen LogP contribution >= 0.6 is 15.9 Å². The first-order chi connectivity index (χ1) is 8.39. The molecule has 1 N–H and O–H groups in total. The average Bonchev–Trinajstić information content (AvgIpc) is 2.34. The molecule has 0 amide bonds. The molecule has 0 aliphatic carbocycles. The molecule has 2 nitrogen and oxygen atoms in total. The summed E-state index contributed by atoms with van der Waals surface area (Å²) in [5, 5.41) is 11.0. The second kappa shape index (κ2) is 4.61. The predicted octanol–water partition coefficient (Wildman–Crippen LogP) is 4.27. The number of halogens is 1. The molecule has 0 fully saturated rings. The van der Waals surface area contributed by atoms with Gasteiger partial charge in [0.25, 0.3) is 0 Å². The van der Waals surface area contributed by atoms with Gasteiger partial charge in [0.1, 0.15) is 17.1 Å². The van der Waals surface area contributed by atoms with Crippen molar-refractivity contribution >= 4 is 22.0 Å². The summed E-state index contributed by atoms with van der Waals surface area (Å²) in [5.74, 6) is 1.29. The zero-order valence-corrected chi connectivity index (χ0v) is 12.9. The molecule has 0 aromatic heterocycles. The van der Waals surface area contributed by atoms with Crippen molar-refractivity contribution in [1.82, 2.24) is 0 Å². The van der Waals surface area contributed by atoms with E-state index in [0.29, 0.717) is 5.75 Å². The van der Waals surface area contributed by atoms with Crippen LogP contribution in [0.1, 0.15) is 35.6 Å². The standard InChI is InChI=1S/C15H19BrO2/c1-9-10(2)14-12(11(3)13(9)17)5-6-15(4,18-14)7-8-16/h5-6,17H,7-8H2,1-4H3. The number of phenols is 1. The second-order valence-corrected chi connectivity index (χ2v) is 5.95. The van der Waals surface area contributed by atoms with Gasteiger partial charge in [0, 0.05) is 22.9 Å². The normalized spacial score (nSPS) is 21.6. The Hall–Kier alpha value is -0.960. The number of hydrogen-bond donors (Lipinski definition) is 1. The first-order valence-electron chi connectivity index (χ1n) is 6.16. The molecule has 0 radical (unpaired) electrons. The summed E-state index contributed by atoms with van der Waals surface area (Å²) in [6.07, 6.45) is 5.07. The van der Waals surface area contributed by atoms with Gasteiger partial charge in [-0.3, -0.25) is 0 Å². The summed E-state index contributed by atoms with van der Waals surface area (Å²) < 4.78 is 6.18. The van der Waals surface area contributed by atoms with E-state index < -0.39 is 0 Å². The lowest BCUT2D eigenvalue weighted by Gasteiger charge is -2.33. The lowest BCUT2D eigenvalue weighted by molar-refractivity contribution is 0.133. The summed E-state index contributed by atoms with van der Waals surface area (Å²) in [7, 11) is 0. The third kappa shape index (κ3) is 2.05. The van der Waals surface area contributed by atoms with Crippen molar-refractivity contribution in [1.29, 1.82) is 0 Å². The van der Waals surface area contributed by atoms with Gasteiger partial charge in [-0.05, 0) is 44.9 Å². The van der Waals surface area contributed by atoms with Gasteiger partial charge in [-0.25, -0.2) is 0 Å². The third-order valence-corrected chi connectivity index (χ3v) is 4.19. The van der Waals surface area contributed by atoms with Crippen LogP contribution in [0.2, 0.25) is 0 Å². The van der Waals surface area contributed by atoms with E-state index in [4.69, 9.17) is 4.74 Å². The average molecular weight is 311 g/mol. The van der Waals surface area contributed by atoms with Crippen LogP contribution < -0.4 is 4.74 Å². The molecule has 1 aromatic carbocycles. The van der Waals surface area contributed by atoms with E-state index >= 15 is 0 Å². The Kier molecular flexibility index (Phi) is 3.45. The number of fused-ring (bicyclic) bond motifs is 1. The highest BCUT2D eigenvalue weighted by Gasteiger charge is 2.29. The minimum Gasteiger partial charge on any atom is -0.507 e. The van der Waals surface area contributed by atoms with E-state index in [-0.39, 0.29) is 5.60 Å². The summed E-state index contributed by atoms with van der Waals surface area (Å²) in [6, 6.07) is 0. The fourth-order valence-electron chi connectivity index (χ4n) is 2.31. The highest BCUT2D eigenvalue weighted by atomic mass is 79.9. The van der Waals surface area contributed by atoms with Gasteiger partial charge < -0.3 is 9.84 Å². The van der Waals surface area contributed by atoms with Crippen LogP contribution in [0.3, 0.4) is 0 Å². The Labute approximate surface area is 117 Å². The van der Waals surface area contributed by atoms with Crippen molar-refractivity contribution in [3.8, 4) is 11.5 Å². The molecule has 1 atom stereocenters. The van der Waals surface area contributed by atoms with Crippen LogP contribution in [0, 0.1) is 20.8 Å². The number of ether oxygens (including phenoxy) is 1. The number of aromatic hydroxyl groups is 1. The number of phenolic OH excluding ortho intramolecular Hbond substituents is 1. The largest absolute Gasteiger partial charge is 0.507 e. The van der Waals surface area contributed by atoms with Gasteiger partial charge in [-0.15, -0.1) is 0 Å². The maximum atomic E-state index is 10.1. The molecule has 2 rings (SSSR count). The molecule has 1 aliphatic rings. The Morgan fingerprint density at radius 1 is 1.22 bits per heavy atom. The number of alkyl halides is 1. The monoisotopic (exact) mass is 310 g/mol. The molecular weight excluding hydrogens is 292 g/mol. The molecule has 0 bridgehead atoms. The van der Waals surface area contributed by atoms with Gasteiger partial charge in [-0.2, -0.15) is 0 Å². The Balaban J connectivity index is 2.57. The van der Waals surface area contributed by atoms with Crippen LogP contribution in [0.15, 0.2) is 6.08 Å². The lowest BCUT2D eigenvalue weighted by atomic mass is 9.91. The predicted molar refractivity (Wildman–Crippen MR) is 78.8 cm³/mol. The minimum absolute atomic E-state index is 0.267. The second-order valence-electron chi connectivity index (χ2n) is 5.15. The number of rotatable bonds is 2. The molecule has 1 unspecified atom stereocenters. The summed E-state index contributed by atoms with van der Waals surface area (Å²) in [6.45, 7) is 7.95. The molecule has 3 heteroatoms. The van der Waals surface area contributed by atoms with E-state index in [2.05, 4.69) is 35.0 Å². The van der Waals surface area contributed by atoms with Gasteiger partial charge in [-0.1, -0.05) is 22.0 Å². The van der Waals surface area contributed by atoms with Gasteiger partial charge >= 0.3 is 0 Å². The first kappa shape index (κ1) is 13.5. The van der Waals surface area contributed by atoms with E-state index in [1.165, 1.54) is 0 Å². The molecule has 0 saturated carbocycles. The van der Waals surface area contributed by atoms with Crippen LogP contribution in [0.5, 0.6) is 11.5 Å². The molecule has 0 saturated heterocycles. The van der Waals surface area contributed by atoms with Crippen LogP contribution in [0.25, 0.3) is 6.08 Å². The summed E-state index contributed by atoms with van der Waals surface area (Å²) in [4.78, 5) is 0. The van der Waals surface area contributed by atoms with Crippen molar-refractivity contribution in [3.05, 3.63) is 28.3 Å². The van der Waals surface area contributed by atoms with Gasteiger partial charge in [0.05, 0.1) is 0 Å². The molecule has 0 spiro atoms. The van der Waals surface area contributed by atoms with E-state index in [1.807, 2.05) is 20.8 Å². The molecule has 1 heterocycles. The smallest absolute Gasteiger partial charge is 0.131 e. The van der Waals surface area contributed by atoms with Gasteiger partial charge in [0.2, 0.25) is 0 Å². The van der Waals surface area contributed by atoms with Crippen LogP contribution in [-0.4, -0.2) is 16.0 Å². The third-order valence-electron chi connectivity index (χ3n) is 3.79. The quantitative estimate of drug-likeness (QED) is 0.827. The maximum Gasteiger partial charge on any atom is 0.131 e. The van der Waals surface area contributed by atoms with Crippen molar-refractivity contribution in [2.45, 2.75) is 39.7 Å². The minimum atomic E-state index is -0.267. The number of benzene rings is 1. The zero-order valence-electron chi connectivity index (χ0n) is 11.3. The lowest BCUT2D eigenvalue weighted by Crippen LogP contribution is -2.33. The van der Waals surface area contributed by atoms with Gasteiger partial charge in [0.15, 0.2) is 0 Å². The summed E-state index contributed by atoms with van der Waals surface area (Å²) in [5.41, 5.74) is 3.56. The SMILES string of the molecule is Cc1c(C)c2c(c(C)c1O)C=CC(C)(CCBr)O2. The first-order valence-corrected chi connectivity index (χ1v) is 7.28. The van der Waals surface area contributed by atoms with E-state index in [0.717, 1.165) is 39.8 Å². The molecule has 98 valence electrons.